The lowest BCUT2D eigenvalue weighted by molar-refractivity contribution is 1.05. The minimum atomic E-state index is -0.412. The Morgan fingerprint density at radius 2 is 2.50 bits per heavy atom. The number of rotatable bonds is 1. The maximum Gasteiger partial charge on any atom is 0.346 e. The highest BCUT2D eigenvalue weighted by molar-refractivity contribution is 6.04. The zero-order chi connectivity index (χ0) is 7.40. The van der Waals surface area contributed by atoms with Gasteiger partial charge in [-0.15, -0.1) is 0 Å². The zero-order valence-corrected chi connectivity index (χ0v) is 5.40. The Labute approximate surface area is 57.7 Å². The smallest absolute Gasteiger partial charge is 0.313 e. The van der Waals surface area contributed by atoms with Crippen LogP contribution in [0.5, 0.6) is 0 Å². The predicted octanol–water partition coefficient (Wildman–Crippen LogP) is -0.598. The Bertz CT molecular complexity index is 293. The van der Waals surface area contributed by atoms with E-state index < -0.39 is 5.69 Å². The van der Waals surface area contributed by atoms with Crippen molar-refractivity contribution in [1.82, 2.24) is 9.97 Å². The van der Waals surface area contributed by atoms with Gasteiger partial charge in [0.1, 0.15) is 0 Å². The van der Waals surface area contributed by atoms with E-state index in [0.29, 0.717) is 5.82 Å². The first-order chi connectivity index (χ1) is 4.83. The molecule has 0 amide bonds. The summed E-state index contributed by atoms with van der Waals surface area (Å²) in [5.74, 6) is 0.325. The van der Waals surface area contributed by atoms with Crippen molar-refractivity contribution < 1.29 is 0 Å². The highest BCUT2D eigenvalue weighted by Gasteiger charge is 1.87. The first kappa shape index (κ1) is 6.66. The number of aromatic amines is 1. The summed E-state index contributed by atoms with van der Waals surface area (Å²) >= 11 is 0. The predicted molar refractivity (Wildman–Crippen MR) is 37.9 cm³/mol. The van der Waals surface area contributed by atoms with Crippen molar-refractivity contribution in [2.45, 2.75) is 0 Å². The van der Waals surface area contributed by atoms with Crippen LogP contribution in [-0.2, 0) is 0 Å². The summed E-state index contributed by atoms with van der Waals surface area (Å²) in [5, 5.41) is 7.02. The Morgan fingerprint density at radius 1 is 1.70 bits per heavy atom. The monoisotopic (exact) mass is 136 g/mol. The molecular weight excluding hydrogens is 131 g/mol. The van der Waals surface area contributed by atoms with Gasteiger partial charge in [-0.1, -0.05) is 0 Å². The molecular formula is C4H5BN4O. The second kappa shape index (κ2) is 2.91. The van der Waals surface area contributed by atoms with E-state index >= 15 is 0 Å². The fourth-order valence-corrected chi connectivity index (χ4v) is 0.519. The van der Waals surface area contributed by atoms with E-state index in [1.807, 2.05) is 0 Å². The van der Waals surface area contributed by atoms with Crippen molar-refractivity contribution in [2.24, 2.45) is 10.1 Å². The molecule has 50 valence electrons. The summed E-state index contributed by atoms with van der Waals surface area (Å²) in [7, 11) is 1.52. The van der Waals surface area contributed by atoms with Gasteiger partial charge in [0.2, 0.25) is 0 Å². The van der Waals surface area contributed by atoms with E-state index in [1.165, 1.54) is 14.2 Å². The summed E-state index contributed by atoms with van der Waals surface area (Å²) in [6.45, 7) is 0. The number of hydrogen-bond acceptors (Lipinski definition) is 4. The lowest BCUT2D eigenvalue weighted by atomic mass is 10.5. The van der Waals surface area contributed by atoms with Gasteiger partial charge in [0, 0.05) is 12.3 Å². The van der Waals surface area contributed by atoms with Crippen LogP contribution >= 0.6 is 0 Å². The largest absolute Gasteiger partial charge is 0.346 e. The minimum absolute atomic E-state index is 0.325. The van der Waals surface area contributed by atoms with Gasteiger partial charge in [0.15, 0.2) is 5.82 Å². The molecule has 0 aliphatic heterocycles. The molecule has 0 bridgehead atoms. The van der Waals surface area contributed by atoms with Gasteiger partial charge >= 0.3 is 5.69 Å². The molecule has 0 aliphatic carbocycles. The number of H-pyrrole nitrogens is 1. The van der Waals surface area contributed by atoms with Gasteiger partial charge in [-0.2, -0.15) is 10.1 Å². The van der Waals surface area contributed by atoms with E-state index in [-0.39, 0.29) is 0 Å². The quantitative estimate of drug-likeness (QED) is 0.413. The third-order valence-corrected chi connectivity index (χ3v) is 0.858. The molecule has 0 fully saturated rings. The third kappa shape index (κ3) is 1.51. The average molecular weight is 136 g/mol. The molecule has 1 rings (SSSR count). The summed E-state index contributed by atoms with van der Waals surface area (Å²) in [6, 6.07) is 1.56. The van der Waals surface area contributed by atoms with Crippen LogP contribution in [0, 0.1) is 0 Å². The van der Waals surface area contributed by atoms with Crippen LogP contribution in [0.15, 0.2) is 27.2 Å². The molecule has 0 aliphatic rings. The molecule has 0 saturated carbocycles. The number of hydrogen-bond donors (Lipinski definition) is 1. The summed E-state index contributed by atoms with van der Waals surface area (Å²) in [6.07, 6.45) is 1.47. The molecule has 0 radical (unpaired) electrons. The summed E-state index contributed by atoms with van der Waals surface area (Å²) < 4.78 is 0. The van der Waals surface area contributed by atoms with Gasteiger partial charge in [-0.05, 0) is 0 Å². The second-order valence-electron chi connectivity index (χ2n) is 1.55. The van der Waals surface area contributed by atoms with Gasteiger partial charge in [-0.3, -0.25) is 5.03 Å². The standard InChI is InChI=1S/C4H5BN4O/c5-9-8-3-1-2-6-4(10)7-3/h1-2H,5H2,(H,6,7,10). The van der Waals surface area contributed by atoms with Crippen LogP contribution in [0.4, 0.5) is 5.82 Å². The van der Waals surface area contributed by atoms with Gasteiger partial charge in [0.05, 0.1) is 0 Å². The van der Waals surface area contributed by atoms with Gasteiger partial charge in [-0.25, -0.2) is 4.79 Å². The van der Waals surface area contributed by atoms with Crippen LogP contribution < -0.4 is 5.69 Å². The molecule has 1 N–H and O–H groups in total. The maximum atomic E-state index is 10.5. The number of nitrogens with one attached hydrogen (secondary N) is 1. The fraction of sp³-hybridized carbons (Fsp3) is 0. The van der Waals surface area contributed by atoms with Crippen molar-refractivity contribution in [3.8, 4) is 0 Å². The first-order valence-electron chi connectivity index (χ1n) is 2.68. The van der Waals surface area contributed by atoms with Crippen molar-refractivity contribution in [2.75, 3.05) is 0 Å². The van der Waals surface area contributed by atoms with E-state index in [9.17, 15) is 4.79 Å². The van der Waals surface area contributed by atoms with Crippen LogP contribution in [0.3, 0.4) is 0 Å². The molecule has 0 unspecified atom stereocenters. The van der Waals surface area contributed by atoms with E-state index in [1.54, 1.807) is 6.07 Å². The average Bonchev–Trinajstić information content (AvgIpc) is 1.88. The second-order valence-corrected chi connectivity index (χ2v) is 1.55. The topological polar surface area (TPSA) is 70.5 Å². The van der Waals surface area contributed by atoms with Crippen LogP contribution in [0.1, 0.15) is 0 Å². The number of nitrogens with zero attached hydrogens (tertiary/aromatic N) is 3. The third-order valence-electron chi connectivity index (χ3n) is 0.858. The Kier molecular flexibility index (Phi) is 1.94. The molecule has 0 spiro atoms. The van der Waals surface area contributed by atoms with Crippen LogP contribution in [0.2, 0.25) is 0 Å². The molecule has 1 aromatic heterocycles. The van der Waals surface area contributed by atoms with Crippen LogP contribution in [0.25, 0.3) is 0 Å². The summed E-state index contributed by atoms with van der Waals surface area (Å²) in [4.78, 5) is 16.3. The lowest BCUT2D eigenvalue weighted by Gasteiger charge is -1.85. The van der Waals surface area contributed by atoms with Crippen molar-refractivity contribution in [1.29, 1.82) is 0 Å². The van der Waals surface area contributed by atoms with E-state index in [0.717, 1.165) is 0 Å². The molecule has 6 heteroatoms. The first-order valence-corrected chi connectivity index (χ1v) is 2.68. The van der Waals surface area contributed by atoms with E-state index in [2.05, 4.69) is 20.1 Å². The van der Waals surface area contributed by atoms with Gasteiger partial charge in [0.25, 0.3) is 7.98 Å². The molecule has 0 atom stereocenters. The van der Waals surface area contributed by atoms with Crippen LogP contribution in [-0.4, -0.2) is 17.9 Å². The Morgan fingerprint density at radius 3 is 3.10 bits per heavy atom. The van der Waals surface area contributed by atoms with Gasteiger partial charge < -0.3 is 4.98 Å². The normalized spacial score (nSPS) is 10.4. The highest BCUT2D eigenvalue weighted by atomic mass is 16.1. The Balaban J connectivity index is 3.07. The number of aromatic nitrogens is 2. The fourth-order valence-electron chi connectivity index (χ4n) is 0.519. The molecule has 5 nitrogen and oxygen atoms in total. The SMILES string of the molecule is BN=Nc1cc[nH]c(=O)n1. The van der Waals surface area contributed by atoms with Crippen molar-refractivity contribution in [3.05, 3.63) is 22.7 Å². The molecule has 0 saturated heterocycles. The minimum Gasteiger partial charge on any atom is -0.313 e. The maximum absolute atomic E-state index is 10.5. The van der Waals surface area contributed by atoms with Crippen molar-refractivity contribution in [3.63, 3.8) is 0 Å². The van der Waals surface area contributed by atoms with Crippen molar-refractivity contribution >= 4 is 13.8 Å². The van der Waals surface area contributed by atoms with E-state index in [4.69, 9.17) is 0 Å². The molecule has 1 aromatic rings. The zero-order valence-electron chi connectivity index (χ0n) is 5.40. The highest BCUT2D eigenvalue weighted by Crippen LogP contribution is 2.00. The molecule has 0 aromatic carbocycles. The molecule has 1 heterocycles. The molecule has 10 heavy (non-hydrogen) atoms. The summed E-state index contributed by atoms with van der Waals surface area (Å²) in [5.41, 5.74) is -0.412. The Hall–Kier alpha value is -1.46. The lowest BCUT2D eigenvalue weighted by Crippen LogP contribution is -2.06.